The number of sulfonamides is 1. The van der Waals surface area contributed by atoms with Crippen molar-refractivity contribution in [2.45, 2.75) is 45.2 Å². The van der Waals surface area contributed by atoms with E-state index in [-0.39, 0.29) is 5.03 Å². The van der Waals surface area contributed by atoms with Gasteiger partial charge >= 0.3 is 0 Å². The van der Waals surface area contributed by atoms with E-state index < -0.39 is 10.0 Å². The Balaban J connectivity index is 2.75. The lowest BCUT2D eigenvalue weighted by molar-refractivity contribution is 0.392. The summed E-state index contributed by atoms with van der Waals surface area (Å²) in [7, 11) is -1.87. The van der Waals surface area contributed by atoms with Crippen LogP contribution in [0.25, 0.3) is 0 Å². The zero-order valence-corrected chi connectivity index (χ0v) is 14.3. The Morgan fingerprint density at radius 3 is 2.57 bits per heavy atom. The molecule has 0 aliphatic heterocycles. The second-order valence-electron chi connectivity index (χ2n) is 5.48. The first kappa shape index (κ1) is 18.1. The summed E-state index contributed by atoms with van der Waals surface area (Å²) in [6, 6.07) is 3.41. The predicted octanol–water partition coefficient (Wildman–Crippen LogP) is 2.25. The number of rotatable bonds is 9. The van der Waals surface area contributed by atoms with Gasteiger partial charge in [0.15, 0.2) is 5.03 Å². The second-order valence-corrected chi connectivity index (χ2v) is 7.47. The van der Waals surface area contributed by atoms with Crippen molar-refractivity contribution in [3.63, 3.8) is 0 Å². The fraction of sp³-hybridized carbons (Fsp3) is 0.667. The van der Waals surface area contributed by atoms with Crippen molar-refractivity contribution in [3.8, 4) is 0 Å². The Kier molecular flexibility index (Phi) is 7.28. The van der Waals surface area contributed by atoms with E-state index in [0.717, 1.165) is 24.9 Å². The standard InChI is InChI=1S/C15H27N3O2S/c1-5-9-16-10-14-7-8-15(17-11-14)21(19,20)18(4)12-13(3)6-2/h7-8,11,13,16H,5-6,9-10,12H2,1-4H3. The number of nitrogens with zero attached hydrogens (tertiary/aromatic N) is 2. The van der Waals surface area contributed by atoms with Gasteiger partial charge in [0.2, 0.25) is 0 Å². The highest BCUT2D eigenvalue weighted by Crippen LogP contribution is 2.14. The fourth-order valence-electron chi connectivity index (χ4n) is 1.90. The van der Waals surface area contributed by atoms with Crippen molar-refractivity contribution in [2.24, 2.45) is 5.92 Å². The summed E-state index contributed by atoms with van der Waals surface area (Å²) < 4.78 is 26.2. The lowest BCUT2D eigenvalue weighted by atomic mass is 10.1. The molecule has 1 aromatic heterocycles. The first-order valence-electron chi connectivity index (χ1n) is 7.53. The van der Waals surface area contributed by atoms with Crippen LogP contribution < -0.4 is 5.32 Å². The van der Waals surface area contributed by atoms with Crippen LogP contribution in [0.5, 0.6) is 0 Å². The van der Waals surface area contributed by atoms with E-state index in [0.29, 0.717) is 19.0 Å². The fourth-order valence-corrected chi connectivity index (χ4v) is 3.10. The average molecular weight is 313 g/mol. The van der Waals surface area contributed by atoms with E-state index in [4.69, 9.17) is 0 Å². The Labute approximate surface area is 128 Å². The van der Waals surface area contributed by atoms with Crippen molar-refractivity contribution < 1.29 is 8.42 Å². The molecule has 21 heavy (non-hydrogen) atoms. The van der Waals surface area contributed by atoms with E-state index in [1.54, 1.807) is 19.3 Å². The Morgan fingerprint density at radius 2 is 2.05 bits per heavy atom. The summed E-state index contributed by atoms with van der Waals surface area (Å²) in [5.74, 6) is 0.335. The van der Waals surface area contributed by atoms with Crippen LogP contribution in [0, 0.1) is 5.92 Å². The molecule has 1 unspecified atom stereocenters. The molecule has 1 rings (SSSR count). The van der Waals surface area contributed by atoms with Crippen LogP contribution >= 0.6 is 0 Å². The molecule has 0 aliphatic rings. The highest BCUT2D eigenvalue weighted by Gasteiger charge is 2.23. The lowest BCUT2D eigenvalue weighted by Gasteiger charge is -2.20. The molecule has 0 bridgehead atoms. The first-order chi connectivity index (χ1) is 9.91. The summed E-state index contributed by atoms with van der Waals surface area (Å²) in [6.07, 6.45) is 3.66. The number of aromatic nitrogens is 1. The third-order valence-electron chi connectivity index (χ3n) is 3.49. The quantitative estimate of drug-likeness (QED) is 0.710. The summed E-state index contributed by atoms with van der Waals surface area (Å²) in [5, 5.41) is 3.38. The molecule has 0 spiro atoms. The van der Waals surface area contributed by atoms with Gasteiger partial charge in [-0.2, -0.15) is 4.31 Å². The van der Waals surface area contributed by atoms with Gasteiger partial charge in [-0.25, -0.2) is 13.4 Å². The minimum absolute atomic E-state index is 0.118. The van der Waals surface area contributed by atoms with Gasteiger partial charge in [-0.3, -0.25) is 0 Å². The zero-order valence-electron chi connectivity index (χ0n) is 13.5. The van der Waals surface area contributed by atoms with E-state index >= 15 is 0 Å². The largest absolute Gasteiger partial charge is 0.313 e. The van der Waals surface area contributed by atoms with E-state index in [1.165, 1.54) is 4.31 Å². The van der Waals surface area contributed by atoms with Gasteiger partial charge in [0.05, 0.1) is 0 Å². The van der Waals surface area contributed by atoms with Gasteiger partial charge in [0.25, 0.3) is 10.0 Å². The third-order valence-corrected chi connectivity index (χ3v) is 5.23. The summed E-state index contributed by atoms with van der Waals surface area (Å²) in [4.78, 5) is 4.11. The summed E-state index contributed by atoms with van der Waals surface area (Å²) in [6.45, 7) is 8.37. The molecule has 0 fully saturated rings. The maximum absolute atomic E-state index is 12.4. The normalized spacial score (nSPS) is 13.6. The van der Waals surface area contributed by atoms with Crippen molar-refractivity contribution in [1.29, 1.82) is 0 Å². The molecule has 5 nitrogen and oxygen atoms in total. The first-order valence-corrected chi connectivity index (χ1v) is 8.97. The minimum Gasteiger partial charge on any atom is -0.313 e. The van der Waals surface area contributed by atoms with Gasteiger partial charge in [0.1, 0.15) is 0 Å². The molecular formula is C15H27N3O2S. The molecule has 0 saturated heterocycles. The molecule has 6 heteroatoms. The molecule has 1 heterocycles. The maximum atomic E-state index is 12.4. The van der Waals surface area contributed by atoms with Gasteiger partial charge in [-0.05, 0) is 30.5 Å². The Morgan fingerprint density at radius 1 is 1.33 bits per heavy atom. The molecule has 0 amide bonds. The summed E-state index contributed by atoms with van der Waals surface area (Å²) >= 11 is 0. The highest BCUT2D eigenvalue weighted by molar-refractivity contribution is 7.89. The van der Waals surface area contributed by atoms with E-state index in [2.05, 4.69) is 24.1 Å². The zero-order chi connectivity index (χ0) is 15.9. The molecule has 0 radical (unpaired) electrons. The van der Waals surface area contributed by atoms with Crippen molar-refractivity contribution >= 4 is 10.0 Å². The number of hydrogen-bond acceptors (Lipinski definition) is 4. The maximum Gasteiger partial charge on any atom is 0.260 e. The number of pyridine rings is 1. The van der Waals surface area contributed by atoms with Crippen LogP contribution in [0.2, 0.25) is 0 Å². The Hall–Kier alpha value is -0.980. The van der Waals surface area contributed by atoms with E-state index in [1.807, 2.05) is 13.0 Å². The molecule has 1 atom stereocenters. The van der Waals surface area contributed by atoms with Crippen molar-refractivity contribution in [3.05, 3.63) is 23.9 Å². The van der Waals surface area contributed by atoms with Gasteiger partial charge in [0, 0.05) is 26.3 Å². The highest BCUT2D eigenvalue weighted by atomic mass is 32.2. The van der Waals surface area contributed by atoms with Gasteiger partial charge in [-0.1, -0.05) is 33.3 Å². The average Bonchev–Trinajstić information content (AvgIpc) is 2.47. The van der Waals surface area contributed by atoms with Crippen LogP contribution in [0.4, 0.5) is 0 Å². The van der Waals surface area contributed by atoms with Crippen LogP contribution in [0.15, 0.2) is 23.4 Å². The van der Waals surface area contributed by atoms with Crippen LogP contribution in [0.3, 0.4) is 0 Å². The third kappa shape index (κ3) is 5.37. The lowest BCUT2D eigenvalue weighted by Crippen LogP contribution is -2.31. The van der Waals surface area contributed by atoms with Crippen molar-refractivity contribution in [1.82, 2.24) is 14.6 Å². The number of hydrogen-bond donors (Lipinski definition) is 1. The monoisotopic (exact) mass is 313 g/mol. The van der Waals surface area contributed by atoms with Crippen LogP contribution in [0.1, 0.15) is 39.2 Å². The SMILES string of the molecule is CCCNCc1ccc(S(=O)(=O)N(C)CC(C)CC)nc1. The van der Waals surface area contributed by atoms with Crippen LogP contribution in [-0.4, -0.2) is 37.8 Å². The number of nitrogens with one attached hydrogen (secondary N) is 1. The van der Waals surface area contributed by atoms with Crippen LogP contribution in [-0.2, 0) is 16.6 Å². The van der Waals surface area contributed by atoms with Gasteiger partial charge in [-0.15, -0.1) is 0 Å². The Bertz CT molecular complexity index is 514. The smallest absolute Gasteiger partial charge is 0.260 e. The topological polar surface area (TPSA) is 62.3 Å². The molecule has 0 saturated carbocycles. The molecule has 1 N–H and O–H groups in total. The second kappa shape index (κ2) is 8.46. The summed E-state index contributed by atoms with van der Waals surface area (Å²) in [5.41, 5.74) is 0.993. The molecular weight excluding hydrogens is 286 g/mol. The predicted molar refractivity (Wildman–Crippen MR) is 85.5 cm³/mol. The molecule has 1 aromatic rings. The van der Waals surface area contributed by atoms with Gasteiger partial charge < -0.3 is 5.32 Å². The van der Waals surface area contributed by atoms with Crippen molar-refractivity contribution in [2.75, 3.05) is 20.1 Å². The molecule has 0 aromatic carbocycles. The molecule has 0 aliphatic carbocycles. The minimum atomic E-state index is -3.48. The molecule has 120 valence electrons. The van der Waals surface area contributed by atoms with E-state index in [9.17, 15) is 8.42 Å².